The molecular formula is C16H15BrF2O. The molecule has 2 aromatic carbocycles. The molecule has 0 atom stereocenters. The fourth-order valence-corrected chi connectivity index (χ4v) is 2.48. The molecule has 0 saturated heterocycles. The SMILES string of the molecule is Cc1cc(CBr)cc(C)c1OCc1cccc(F)c1F. The third kappa shape index (κ3) is 3.18. The van der Waals surface area contributed by atoms with Gasteiger partial charge in [-0.2, -0.15) is 0 Å². The highest BCUT2D eigenvalue weighted by molar-refractivity contribution is 9.08. The molecule has 0 saturated carbocycles. The monoisotopic (exact) mass is 340 g/mol. The van der Waals surface area contributed by atoms with Gasteiger partial charge in [0.1, 0.15) is 12.4 Å². The standard InChI is InChI=1S/C16H15BrF2O/c1-10-6-12(8-17)7-11(2)16(10)20-9-13-4-3-5-14(18)15(13)19/h3-7H,8-9H2,1-2H3. The lowest BCUT2D eigenvalue weighted by molar-refractivity contribution is 0.293. The van der Waals surface area contributed by atoms with Gasteiger partial charge in [-0.3, -0.25) is 0 Å². The Morgan fingerprint density at radius 2 is 1.75 bits per heavy atom. The van der Waals surface area contributed by atoms with E-state index in [0.29, 0.717) is 0 Å². The normalized spacial score (nSPS) is 10.7. The number of alkyl halides is 1. The first kappa shape index (κ1) is 15.0. The molecule has 0 fully saturated rings. The molecule has 0 aliphatic rings. The number of aryl methyl sites for hydroxylation is 2. The summed E-state index contributed by atoms with van der Waals surface area (Å²) in [6, 6.07) is 8.12. The lowest BCUT2D eigenvalue weighted by Crippen LogP contribution is -2.03. The van der Waals surface area contributed by atoms with Crippen molar-refractivity contribution in [1.29, 1.82) is 0 Å². The van der Waals surface area contributed by atoms with Crippen LogP contribution in [-0.2, 0) is 11.9 Å². The summed E-state index contributed by atoms with van der Waals surface area (Å²) in [5, 5.41) is 0.771. The van der Waals surface area contributed by atoms with Gasteiger partial charge in [0.2, 0.25) is 0 Å². The third-order valence-corrected chi connectivity index (χ3v) is 3.73. The van der Waals surface area contributed by atoms with E-state index in [0.717, 1.165) is 33.8 Å². The lowest BCUT2D eigenvalue weighted by atomic mass is 10.1. The Morgan fingerprint density at radius 1 is 1.10 bits per heavy atom. The van der Waals surface area contributed by atoms with Crippen molar-refractivity contribution in [2.45, 2.75) is 25.8 Å². The number of ether oxygens (including phenoxy) is 1. The Hall–Kier alpha value is -1.42. The Labute approximate surface area is 125 Å². The van der Waals surface area contributed by atoms with Crippen molar-refractivity contribution in [3.63, 3.8) is 0 Å². The topological polar surface area (TPSA) is 9.23 Å². The summed E-state index contributed by atoms with van der Waals surface area (Å²) in [4.78, 5) is 0. The van der Waals surface area contributed by atoms with Gasteiger partial charge < -0.3 is 4.74 Å². The summed E-state index contributed by atoms with van der Waals surface area (Å²) in [5.74, 6) is -0.979. The highest BCUT2D eigenvalue weighted by Gasteiger charge is 2.10. The van der Waals surface area contributed by atoms with Gasteiger partial charge in [0.15, 0.2) is 11.6 Å². The summed E-state index contributed by atoms with van der Waals surface area (Å²) in [6.07, 6.45) is 0. The van der Waals surface area contributed by atoms with E-state index in [9.17, 15) is 8.78 Å². The predicted octanol–water partition coefficient (Wildman–Crippen LogP) is 5.06. The van der Waals surface area contributed by atoms with Crippen LogP contribution in [0.4, 0.5) is 8.78 Å². The van der Waals surface area contributed by atoms with Gasteiger partial charge in [0.25, 0.3) is 0 Å². The molecule has 0 aliphatic heterocycles. The lowest BCUT2D eigenvalue weighted by Gasteiger charge is -2.14. The maximum absolute atomic E-state index is 13.6. The number of halogens is 3. The summed E-state index contributed by atoms with van der Waals surface area (Å²) >= 11 is 3.41. The van der Waals surface area contributed by atoms with E-state index in [4.69, 9.17) is 4.74 Å². The molecular weight excluding hydrogens is 326 g/mol. The molecule has 2 rings (SSSR count). The molecule has 0 spiro atoms. The van der Waals surface area contributed by atoms with E-state index in [1.54, 1.807) is 0 Å². The number of rotatable bonds is 4. The quantitative estimate of drug-likeness (QED) is 0.707. The van der Waals surface area contributed by atoms with Crippen molar-refractivity contribution in [1.82, 2.24) is 0 Å². The minimum atomic E-state index is -0.853. The van der Waals surface area contributed by atoms with Crippen molar-refractivity contribution in [3.8, 4) is 5.75 Å². The fraction of sp³-hybridized carbons (Fsp3) is 0.250. The van der Waals surface area contributed by atoms with Crippen molar-refractivity contribution < 1.29 is 13.5 Å². The Balaban J connectivity index is 2.21. The minimum Gasteiger partial charge on any atom is -0.488 e. The van der Waals surface area contributed by atoms with Crippen LogP contribution in [0.1, 0.15) is 22.3 Å². The van der Waals surface area contributed by atoms with Crippen LogP contribution in [0.5, 0.6) is 5.75 Å². The second kappa shape index (κ2) is 6.35. The maximum atomic E-state index is 13.6. The van der Waals surface area contributed by atoms with Crippen LogP contribution in [0.25, 0.3) is 0 Å². The summed E-state index contributed by atoms with van der Waals surface area (Å²) in [6.45, 7) is 3.89. The Morgan fingerprint density at radius 3 is 2.35 bits per heavy atom. The number of hydrogen-bond acceptors (Lipinski definition) is 1. The van der Waals surface area contributed by atoms with Crippen LogP contribution in [0.15, 0.2) is 30.3 Å². The van der Waals surface area contributed by atoms with E-state index >= 15 is 0 Å². The zero-order valence-corrected chi connectivity index (χ0v) is 12.9. The summed E-state index contributed by atoms with van der Waals surface area (Å²) < 4.78 is 32.4. The molecule has 0 radical (unpaired) electrons. The van der Waals surface area contributed by atoms with Crippen LogP contribution < -0.4 is 4.74 Å². The molecule has 0 amide bonds. The Kier molecular flexibility index (Phi) is 4.76. The number of benzene rings is 2. The van der Waals surface area contributed by atoms with E-state index in [1.165, 1.54) is 12.1 Å². The highest BCUT2D eigenvalue weighted by Crippen LogP contribution is 2.27. The van der Waals surface area contributed by atoms with Gasteiger partial charge in [0.05, 0.1) is 0 Å². The van der Waals surface area contributed by atoms with E-state index in [1.807, 2.05) is 26.0 Å². The van der Waals surface area contributed by atoms with Crippen molar-refractivity contribution in [2.24, 2.45) is 0 Å². The molecule has 0 aliphatic carbocycles. The summed E-state index contributed by atoms with van der Waals surface area (Å²) in [7, 11) is 0. The van der Waals surface area contributed by atoms with Gasteiger partial charge >= 0.3 is 0 Å². The molecule has 106 valence electrons. The molecule has 0 unspecified atom stereocenters. The first-order chi connectivity index (χ1) is 9.52. The van der Waals surface area contributed by atoms with Crippen LogP contribution in [0, 0.1) is 25.5 Å². The van der Waals surface area contributed by atoms with Crippen molar-refractivity contribution in [2.75, 3.05) is 0 Å². The van der Waals surface area contributed by atoms with E-state index in [-0.39, 0.29) is 12.2 Å². The van der Waals surface area contributed by atoms with E-state index < -0.39 is 11.6 Å². The van der Waals surface area contributed by atoms with Gasteiger partial charge in [0, 0.05) is 10.9 Å². The predicted molar refractivity (Wildman–Crippen MR) is 79.2 cm³/mol. The molecule has 2 aromatic rings. The average molecular weight is 341 g/mol. The zero-order chi connectivity index (χ0) is 14.7. The Bertz CT molecular complexity index is 603. The molecule has 0 N–H and O–H groups in total. The molecule has 0 aromatic heterocycles. The van der Waals surface area contributed by atoms with Crippen molar-refractivity contribution in [3.05, 3.63) is 64.2 Å². The summed E-state index contributed by atoms with van der Waals surface area (Å²) in [5.41, 5.74) is 3.34. The van der Waals surface area contributed by atoms with Crippen molar-refractivity contribution >= 4 is 15.9 Å². The molecule has 4 heteroatoms. The second-order valence-corrected chi connectivity index (χ2v) is 5.25. The van der Waals surface area contributed by atoms with Gasteiger partial charge in [-0.05, 0) is 36.6 Å². The third-order valence-electron chi connectivity index (χ3n) is 3.08. The largest absolute Gasteiger partial charge is 0.488 e. The average Bonchev–Trinajstić information content (AvgIpc) is 2.42. The molecule has 0 heterocycles. The second-order valence-electron chi connectivity index (χ2n) is 4.69. The van der Waals surface area contributed by atoms with Crippen LogP contribution in [0.2, 0.25) is 0 Å². The van der Waals surface area contributed by atoms with Gasteiger partial charge in [-0.15, -0.1) is 0 Å². The van der Waals surface area contributed by atoms with Gasteiger partial charge in [-0.1, -0.05) is 40.2 Å². The van der Waals surface area contributed by atoms with E-state index in [2.05, 4.69) is 15.9 Å². The molecule has 20 heavy (non-hydrogen) atoms. The van der Waals surface area contributed by atoms with Crippen LogP contribution >= 0.6 is 15.9 Å². The fourth-order valence-electron chi connectivity index (χ4n) is 2.15. The van der Waals surface area contributed by atoms with Crippen LogP contribution in [0.3, 0.4) is 0 Å². The zero-order valence-electron chi connectivity index (χ0n) is 11.3. The molecule has 1 nitrogen and oxygen atoms in total. The van der Waals surface area contributed by atoms with Gasteiger partial charge in [-0.25, -0.2) is 8.78 Å². The number of hydrogen-bond donors (Lipinski definition) is 0. The smallest absolute Gasteiger partial charge is 0.165 e. The highest BCUT2D eigenvalue weighted by atomic mass is 79.9. The first-order valence-corrected chi connectivity index (χ1v) is 7.37. The molecule has 0 bridgehead atoms. The first-order valence-electron chi connectivity index (χ1n) is 6.24. The van der Waals surface area contributed by atoms with Crippen LogP contribution in [-0.4, -0.2) is 0 Å². The minimum absolute atomic E-state index is 0.0128. The maximum Gasteiger partial charge on any atom is 0.165 e.